The SMILES string of the molecule is CN1CCOc2cc(F)ccc2C1=O. The van der Waals surface area contributed by atoms with Gasteiger partial charge in [0.05, 0.1) is 12.1 Å². The Morgan fingerprint density at radius 3 is 3.07 bits per heavy atom. The smallest absolute Gasteiger partial charge is 0.257 e. The lowest BCUT2D eigenvalue weighted by Gasteiger charge is -2.11. The van der Waals surface area contributed by atoms with Gasteiger partial charge in [-0.25, -0.2) is 4.39 Å². The first kappa shape index (κ1) is 8.99. The van der Waals surface area contributed by atoms with Crippen LogP contribution in [-0.2, 0) is 0 Å². The monoisotopic (exact) mass is 195 g/mol. The fourth-order valence-electron chi connectivity index (χ4n) is 1.39. The highest BCUT2D eigenvalue weighted by Gasteiger charge is 2.20. The summed E-state index contributed by atoms with van der Waals surface area (Å²) in [5.74, 6) is -0.182. The number of fused-ring (bicyclic) bond motifs is 1. The average molecular weight is 195 g/mol. The molecule has 0 spiro atoms. The molecule has 1 amide bonds. The molecule has 0 saturated heterocycles. The Bertz CT molecular complexity index is 378. The number of benzene rings is 1. The second-order valence-electron chi connectivity index (χ2n) is 3.22. The molecule has 3 nitrogen and oxygen atoms in total. The highest BCUT2D eigenvalue weighted by molar-refractivity contribution is 5.97. The summed E-state index contributed by atoms with van der Waals surface area (Å²) < 4.78 is 18.1. The van der Waals surface area contributed by atoms with Gasteiger partial charge in [-0.05, 0) is 12.1 Å². The first-order chi connectivity index (χ1) is 6.68. The van der Waals surface area contributed by atoms with Crippen LogP contribution in [0.3, 0.4) is 0 Å². The molecule has 14 heavy (non-hydrogen) atoms. The summed E-state index contributed by atoms with van der Waals surface area (Å²) in [6.45, 7) is 0.924. The Morgan fingerprint density at radius 2 is 2.29 bits per heavy atom. The Kier molecular flexibility index (Phi) is 2.11. The van der Waals surface area contributed by atoms with Crippen molar-refractivity contribution in [2.45, 2.75) is 0 Å². The van der Waals surface area contributed by atoms with Crippen LogP contribution < -0.4 is 4.74 Å². The fourth-order valence-corrected chi connectivity index (χ4v) is 1.39. The zero-order valence-corrected chi connectivity index (χ0v) is 7.79. The van der Waals surface area contributed by atoms with Gasteiger partial charge in [0.2, 0.25) is 0 Å². The molecule has 0 unspecified atom stereocenters. The Balaban J connectivity index is 2.48. The van der Waals surface area contributed by atoms with Gasteiger partial charge in [-0.3, -0.25) is 4.79 Å². The maximum atomic E-state index is 12.8. The van der Waals surface area contributed by atoms with Crippen molar-refractivity contribution in [3.05, 3.63) is 29.6 Å². The molecule has 0 saturated carbocycles. The molecule has 2 rings (SSSR count). The van der Waals surface area contributed by atoms with E-state index in [1.165, 1.54) is 18.2 Å². The van der Waals surface area contributed by atoms with Gasteiger partial charge in [-0.2, -0.15) is 0 Å². The molecule has 0 atom stereocenters. The van der Waals surface area contributed by atoms with E-state index in [4.69, 9.17) is 4.74 Å². The molecule has 0 aromatic heterocycles. The Morgan fingerprint density at radius 1 is 1.50 bits per heavy atom. The maximum Gasteiger partial charge on any atom is 0.257 e. The standard InChI is InChI=1S/C10H10FNO2/c1-12-4-5-14-9-6-7(11)2-3-8(9)10(12)13/h2-3,6H,4-5H2,1H3. The quantitative estimate of drug-likeness (QED) is 0.624. The number of hydrogen-bond donors (Lipinski definition) is 0. The molecule has 0 bridgehead atoms. The van der Waals surface area contributed by atoms with Crippen LogP contribution in [0.5, 0.6) is 5.75 Å². The van der Waals surface area contributed by atoms with E-state index in [0.29, 0.717) is 24.5 Å². The molecule has 1 aromatic rings. The topological polar surface area (TPSA) is 29.5 Å². The summed E-state index contributed by atoms with van der Waals surface area (Å²) in [6, 6.07) is 3.96. The minimum atomic E-state index is -0.388. The largest absolute Gasteiger partial charge is 0.491 e. The third kappa shape index (κ3) is 1.43. The molecule has 0 N–H and O–H groups in total. The van der Waals surface area contributed by atoms with E-state index >= 15 is 0 Å². The van der Waals surface area contributed by atoms with Gasteiger partial charge >= 0.3 is 0 Å². The summed E-state index contributed by atoms with van der Waals surface area (Å²) in [7, 11) is 1.70. The van der Waals surface area contributed by atoms with Gasteiger partial charge < -0.3 is 9.64 Å². The molecule has 0 fully saturated rings. The number of likely N-dealkylation sites (N-methyl/N-ethyl adjacent to an activating group) is 1. The van der Waals surface area contributed by atoms with E-state index < -0.39 is 0 Å². The molecule has 74 valence electrons. The second kappa shape index (κ2) is 3.29. The van der Waals surface area contributed by atoms with E-state index in [0.717, 1.165) is 0 Å². The fraction of sp³-hybridized carbons (Fsp3) is 0.300. The molecule has 1 aromatic carbocycles. The number of carbonyl (C=O) groups is 1. The molecule has 1 heterocycles. The highest BCUT2D eigenvalue weighted by atomic mass is 19.1. The van der Waals surface area contributed by atoms with Crippen molar-refractivity contribution in [1.82, 2.24) is 4.90 Å². The molecule has 4 heteroatoms. The summed E-state index contributed by atoms with van der Waals surface area (Å²) in [6.07, 6.45) is 0. The zero-order valence-electron chi connectivity index (χ0n) is 7.79. The molecular formula is C10H10FNO2. The molecule has 1 aliphatic heterocycles. The van der Waals surface area contributed by atoms with Crippen molar-refractivity contribution in [1.29, 1.82) is 0 Å². The minimum absolute atomic E-state index is 0.127. The lowest BCUT2D eigenvalue weighted by molar-refractivity contribution is 0.0797. The zero-order chi connectivity index (χ0) is 10.1. The maximum absolute atomic E-state index is 12.8. The van der Waals surface area contributed by atoms with Crippen molar-refractivity contribution in [2.75, 3.05) is 20.2 Å². The normalized spacial score (nSPS) is 15.9. The van der Waals surface area contributed by atoms with Crippen molar-refractivity contribution in [3.63, 3.8) is 0 Å². The van der Waals surface area contributed by atoms with Gasteiger partial charge in [0.1, 0.15) is 18.2 Å². The van der Waals surface area contributed by atoms with Crippen LogP contribution in [0.1, 0.15) is 10.4 Å². The lowest BCUT2D eigenvalue weighted by atomic mass is 10.2. The minimum Gasteiger partial charge on any atom is -0.491 e. The van der Waals surface area contributed by atoms with Crippen LogP contribution in [0.2, 0.25) is 0 Å². The number of hydrogen-bond acceptors (Lipinski definition) is 2. The molecule has 0 aliphatic carbocycles. The lowest BCUT2D eigenvalue weighted by Crippen LogP contribution is -2.27. The number of ether oxygens (including phenoxy) is 1. The van der Waals surface area contributed by atoms with E-state index in [-0.39, 0.29) is 11.7 Å². The third-order valence-electron chi connectivity index (χ3n) is 2.21. The van der Waals surface area contributed by atoms with Gasteiger partial charge in [-0.15, -0.1) is 0 Å². The van der Waals surface area contributed by atoms with E-state index in [2.05, 4.69) is 0 Å². The van der Waals surface area contributed by atoms with E-state index in [1.807, 2.05) is 0 Å². The molecule has 1 aliphatic rings. The van der Waals surface area contributed by atoms with Crippen molar-refractivity contribution in [3.8, 4) is 5.75 Å². The van der Waals surface area contributed by atoms with Gasteiger partial charge in [0.15, 0.2) is 0 Å². The van der Waals surface area contributed by atoms with Gasteiger partial charge in [-0.1, -0.05) is 0 Å². The van der Waals surface area contributed by atoms with Crippen LogP contribution >= 0.6 is 0 Å². The number of carbonyl (C=O) groups excluding carboxylic acids is 1. The van der Waals surface area contributed by atoms with E-state index in [1.54, 1.807) is 11.9 Å². The van der Waals surface area contributed by atoms with Crippen molar-refractivity contribution < 1.29 is 13.9 Å². The molecule has 0 radical (unpaired) electrons. The van der Waals surface area contributed by atoms with Gasteiger partial charge in [0.25, 0.3) is 5.91 Å². The summed E-state index contributed by atoms with van der Waals surface area (Å²) in [5.41, 5.74) is 0.423. The summed E-state index contributed by atoms with van der Waals surface area (Å²) in [5, 5.41) is 0. The van der Waals surface area contributed by atoms with Crippen LogP contribution in [0.4, 0.5) is 4.39 Å². The first-order valence-electron chi connectivity index (χ1n) is 4.36. The van der Waals surface area contributed by atoms with Crippen LogP contribution in [-0.4, -0.2) is 31.0 Å². The van der Waals surface area contributed by atoms with Crippen molar-refractivity contribution >= 4 is 5.91 Å². The number of rotatable bonds is 0. The number of nitrogens with zero attached hydrogens (tertiary/aromatic N) is 1. The van der Waals surface area contributed by atoms with Gasteiger partial charge in [0, 0.05) is 13.1 Å². The summed E-state index contributed by atoms with van der Waals surface area (Å²) >= 11 is 0. The average Bonchev–Trinajstić information content (AvgIpc) is 2.28. The Hall–Kier alpha value is -1.58. The number of halogens is 1. The Labute approximate surface area is 81.1 Å². The summed E-state index contributed by atoms with van der Waals surface area (Å²) in [4.78, 5) is 13.2. The first-order valence-corrected chi connectivity index (χ1v) is 4.36. The van der Waals surface area contributed by atoms with Crippen LogP contribution in [0, 0.1) is 5.82 Å². The van der Waals surface area contributed by atoms with Crippen molar-refractivity contribution in [2.24, 2.45) is 0 Å². The predicted octanol–water partition coefficient (Wildman–Crippen LogP) is 1.29. The van der Waals surface area contributed by atoms with Crippen LogP contribution in [0.15, 0.2) is 18.2 Å². The predicted molar refractivity (Wildman–Crippen MR) is 48.9 cm³/mol. The highest BCUT2D eigenvalue weighted by Crippen LogP contribution is 2.23. The van der Waals surface area contributed by atoms with Crippen LogP contribution in [0.25, 0.3) is 0 Å². The molecular weight excluding hydrogens is 185 g/mol. The van der Waals surface area contributed by atoms with E-state index in [9.17, 15) is 9.18 Å². The third-order valence-corrected chi connectivity index (χ3v) is 2.21. The second-order valence-corrected chi connectivity index (χ2v) is 3.22. The number of amides is 1.